The average molecular weight is 568 g/mol. The second kappa shape index (κ2) is 12.4. The monoisotopic (exact) mass is 567 g/mol. The molecule has 6 heteroatoms. The lowest BCUT2D eigenvalue weighted by Crippen LogP contribution is -2.54. The number of hydrogen-bond acceptors (Lipinski definition) is 3. The molecule has 0 radical (unpaired) electrons. The first-order chi connectivity index (χ1) is 20.5. The van der Waals surface area contributed by atoms with Gasteiger partial charge in [0.15, 0.2) is 0 Å². The third kappa shape index (κ3) is 5.74. The van der Waals surface area contributed by atoms with E-state index in [-0.39, 0.29) is 17.6 Å². The van der Waals surface area contributed by atoms with E-state index >= 15 is 0 Å². The number of amides is 2. The molecule has 2 amide bonds. The van der Waals surface area contributed by atoms with Crippen LogP contribution < -0.4 is 5.32 Å². The molecule has 3 aliphatic rings. The van der Waals surface area contributed by atoms with Crippen molar-refractivity contribution in [1.29, 1.82) is 0 Å². The van der Waals surface area contributed by atoms with Gasteiger partial charge in [0.25, 0.3) is 0 Å². The molecule has 0 bridgehead atoms. The minimum Gasteiger partial charge on any atom is -0.355 e. The molecule has 1 N–H and O–H groups in total. The summed E-state index contributed by atoms with van der Waals surface area (Å²) in [6.07, 6.45) is 6.51. The molecule has 0 aromatic heterocycles. The molecule has 0 spiro atoms. The first kappa shape index (κ1) is 28.6. The van der Waals surface area contributed by atoms with Gasteiger partial charge in [-0.3, -0.25) is 9.59 Å². The fourth-order valence-corrected chi connectivity index (χ4v) is 7.39. The van der Waals surface area contributed by atoms with Crippen LogP contribution in [0.15, 0.2) is 84.9 Å². The van der Waals surface area contributed by atoms with Gasteiger partial charge < -0.3 is 15.1 Å². The van der Waals surface area contributed by atoms with E-state index in [1.54, 1.807) is 12.1 Å². The fraction of sp³-hybridized carbons (Fsp3) is 0.444. The average Bonchev–Trinajstić information content (AvgIpc) is 3.78. The highest BCUT2D eigenvalue weighted by molar-refractivity contribution is 5.92. The van der Waals surface area contributed by atoms with Crippen LogP contribution in [-0.2, 0) is 26.8 Å². The minimum absolute atomic E-state index is 0.0803. The number of nitrogens with one attached hydrogen (secondary N) is 1. The Bertz CT molecular complexity index is 1350. The molecule has 6 rings (SSSR count). The van der Waals surface area contributed by atoms with Gasteiger partial charge >= 0.3 is 0 Å². The van der Waals surface area contributed by atoms with E-state index in [0.29, 0.717) is 18.9 Å². The van der Waals surface area contributed by atoms with Crippen LogP contribution in [0.5, 0.6) is 0 Å². The van der Waals surface area contributed by atoms with Crippen molar-refractivity contribution in [3.8, 4) is 0 Å². The number of carbonyl (C=O) groups excluding carboxylic acids is 2. The number of hydrogen-bond donors (Lipinski definition) is 1. The summed E-state index contributed by atoms with van der Waals surface area (Å²) in [5, 5.41) is 3.20. The molecule has 42 heavy (non-hydrogen) atoms. The standard InChI is InChI=1S/C36H42FN3O2/c37-32-16-14-28(15-17-32)18-21-38-33(41)36(30-12-6-2-7-13-30)26-31(36)27-39-24-19-35(20-25-39,29-10-4-1-5-11-29)34(42)40-22-8-3-9-23-40/h1-2,4-7,10-17,31H,3,8-9,18-27H2,(H,38,41)/t31-,36+/m0/s1. The Kier molecular flexibility index (Phi) is 8.43. The third-order valence-corrected chi connectivity index (χ3v) is 9.98. The van der Waals surface area contributed by atoms with Gasteiger partial charge in [0.2, 0.25) is 11.8 Å². The zero-order chi connectivity index (χ0) is 29.0. The molecule has 2 aliphatic heterocycles. The molecular formula is C36H42FN3O2. The zero-order valence-corrected chi connectivity index (χ0v) is 24.4. The lowest BCUT2D eigenvalue weighted by molar-refractivity contribution is -0.140. The number of halogens is 1. The second-order valence-electron chi connectivity index (χ2n) is 12.5. The van der Waals surface area contributed by atoms with Crippen LogP contribution in [0.2, 0.25) is 0 Å². The molecule has 220 valence electrons. The molecule has 3 fully saturated rings. The molecule has 5 nitrogen and oxygen atoms in total. The highest BCUT2D eigenvalue weighted by Crippen LogP contribution is 2.55. The summed E-state index contributed by atoms with van der Waals surface area (Å²) in [4.78, 5) is 32.4. The highest BCUT2D eigenvalue weighted by Gasteiger charge is 2.61. The summed E-state index contributed by atoms with van der Waals surface area (Å²) < 4.78 is 13.3. The van der Waals surface area contributed by atoms with E-state index in [4.69, 9.17) is 0 Å². The van der Waals surface area contributed by atoms with Crippen LogP contribution in [0.1, 0.15) is 55.2 Å². The lowest BCUT2D eigenvalue weighted by Gasteiger charge is -2.44. The van der Waals surface area contributed by atoms with E-state index in [9.17, 15) is 14.0 Å². The smallest absolute Gasteiger partial charge is 0.233 e. The van der Waals surface area contributed by atoms with Gasteiger partial charge in [0.1, 0.15) is 5.82 Å². The first-order valence-electron chi connectivity index (χ1n) is 15.7. The molecular weight excluding hydrogens is 525 g/mol. The maximum Gasteiger partial charge on any atom is 0.233 e. The van der Waals surface area contributed by atoms with Crippen LogP contribution >= 0.6 is 0 Å². The molecule has 3 aromatic rings. The van der Waals surface area contributed by atoms with Crippen molar-refractivity contribution < 1.29 is 14.0 Å². The number of rotatable bonds is 9. The number of piperidine rings is 2. The van der Waals surface area contributed by atoms with E-state index in [2.05, 4.69) is 51.5 Å². The maximum absolute atomic E-state index is 14.0. The summed E-state index contributed by atoms with van der Waals surface area (Å²) >= 11 is 0. The van der Waals surface area contributed by atoms with Crippen LogP contribution in [0.25, 0.3) is 0 Å². The van der Waals surface area contributed by atoms with Crippen molar-refractivity contribution >= 4 is 11.8 Å². The van der Waals surface area contributed by atoms with Crippen molar-refractivity contribution in [1.82, 2.24) is 15.1 Å². The van der Waals surface area contributed by atoms with Crippen LogP contribution in [0, 0.1) is 11.7 Å². The Balaban J connectivity index is 1.13. The van der Waals surface area contributed by atoms with Gasteiger partial charge in [-0.15, -0.1) is 0 Å². The van der Waals surface area contributed by atoms with Crippen LogP contribution in [-0.4, -0.2) is 60.9 Å². The molecule has 1 saturated carbocycles. The van der Waals surface area contributed by atoms with Gasteiger partial charge in [-0.1, -0.05) is 72.8 Å². The van der Waals surface area contributed by atoms with Crippen molar-refractivity contribution in [3.63, 3.8) is 0 Å². The molecule has 3 aromatic carbocycles. The number of carbonyl (C=O) groups is 2. The molecule has 1 aliphatic carbocycles. The Morgan fingerprint density at radius 1 is 0.786 bits per heavy atom. The van der Waals surface area contributed by atoms with Gasteiger partial charge in [-0.25, -0.2) is 4.39 Å². The number of benzene rings is 3. The van der Waals surface area contributed by atoms with Gasteiger partial charge in [-0.2, -0.15) is 0 Å². The predicted octanol–water partition coefficient (Wildman–Crippen LogP) is 5.49. The fourth-order valence-electron chi connectivity index (χ4n) is 7.39. The Morgan fingerprint density at radius 3 is 2.05 bits per heavy atom. The van der Waals surface area contributed by atoms with Crippen molar-refractivity contribution in [2.24, 2.45) is 5.92 Å². The van der Waals surface area contributed by atoms with Crippen molar-refractivity contribution in [2.75, 3.05) is 39.3 Å². The van der Waals surface area contributed by atoms with Crippen LogP contribution in [0.3, 0.4) is 0 Å². The van der Waals surface area contributed by atoms with E-state index in [1.165, 1.54) is 18.6 Å². The van der Waals surface area contributed by atoms with E-state index in [0.717, 1.165) is 81.5 Å². The van der Waals surface area contributed by atoms with Gasteiger partial charge in [0.05, 0.1) is 10.8 Å². The molecule has 2 heterocycles. The molecule has 0 unspecified atom stereocenters. The number of nitrogens with zero attached hydrogens (tertiary/aromatic N) is 2. The van der Waals surface area contributed by atoms with Crippen molar-refractivity contribution in [3.05, 3.63) is 107 Å². The van der Waals surface area contributed by atoms with Gasteiger partial charge in [0, 0.05) is 26.2 Å². The van der Waals surface area contributed by atoms with E-state index < -0.39 is 10.8 Å². The maximum atomic E-state index is 14.0. The number of likely N-dealkylation sites (tertiary alicyclic amines) is 2. The third-order valence-electron chi connectivity index (χ3n) is 9.98. The topological polar surface area (TPSA) is 52.7 Å². The quantitative estimate of drug-likeness (QED) is 0.372. The Labute approximate surface area is 249 Å². The SMILES string of the molecule is O=C(N1CCCCC1)C1(c2ccccc2)CCN(C[C@@H]2C[C@@]2(C(=O)NCCc2ccc(F)cc2)c2ccccc2)CC1. The van der Waals surface area contributed by atoms with Crippen molar-refractivity contribution in [2.45, 2.75) is 55.8 Å². The van der Waals surface area contributed by atoms with Crippen LogP contribution in [0.4, 0.5) is 4.39 Å². The molecule has 2 saturated heterocycles. The first-order valence-corrected chi connectivity index (χ1v) is 15.7. The Hall–Kier alpha value is -3.51. The minimum atomic E-state index is -0.526. The predicted molar refractivity (Wildman–Crippen MR) is 164 cm³/mol. The lowest BCUT2D eigenvalue weighted by atomic mass is 9.71. The summed E-state index contributed by atoms with van der Waals surface area (Å²) in [6.45, 7) is 4.81. The summed E-state index contributed by atoms with van der Waals surface area (Å²) in [5.41, 5.74) is 2.23. The second-order valence-corrected chi connectivity index (χ2v) is 12.5. The normalized spacial score (nSPS) is 23.7. The summed E-state index contributed by atoms with van der Waals surface area (Å²) in [7, 11) is 0. The molecule has 2 atom stereocenters. The summed E-state index contributed by atoms with van der Waals surface area (Å²) in [6, 6.07) is 27.1. The Morgan fingerprint density at radius 2 is 1.40 bits per heavy atom. The highest BCUT2D eigenvalue weighted by atomic mass is 19.1. The zero-order valence-electron chi connectivity index (χ0n) is 24.4. The van der Waals surface area contributed by atoms with Gasteiger partial charge in [-0.05, 0) is 92.8 Å². The largest absolute Gasteiger partial charge is 0.355 e. The summed E-state index contributed by atoms with van der Waals surface area (Å²) in [5.74, 6) is 0.365. The van der Waals surface area contributed by atoms with E-state index in [1.807, 2.05) is 24.3 Å².